The fraction of sp³-hybridized carbons (Fsp3) is 0.250. The van der Waals surface area contributed by atoms with Gasteiger partial charge in [0.15, 0.2) is 5.78 Å². The van der Waals surface area contributed by atoms with Gasteiger partial charge in [-0.2, -0.15) is 0 Å². The first-order valence-electron chi connectivity index (χ1n) is 3.36. The molecule has 0 fully saturated rings. The van der Waals surface area contributed by atoms with Crippen LogP contribution in [0.3, 0.4) is 0 Å². The Hall–Kier alpha value is -0.220. The molecular weight excluding hydrogens is 286 g/mol. The van der Waals surface area contributed by atoms with Crippen LogP contribution in [0.15, 0.2) is 15.1 Å². The zero-order chi connectivity index (χ0) is 9.30. The van der Waals surface area contributed by atoms with E-state index in [9.17, 15) is 4.79 Å². The number of pyridine rings is 1. The number of halogens is 2. The Kier molecular flexibility index (Phi) is 3.01. The number of aryl methyl sites for hydroxylation is 1. The molecule has 0 aromatic carbocycles. The van der Waals surface area contributed by atoms with E-state index in [1.165, 1.54) is 6.92 Å². The molecule has 0 saturated heterocycles. The summed E-state index contributed by atoms with van der Waals surface area (Å²) in [5, 5.41) is 0. The first kappa shape index (κ1) is 9.86. The Bertz CT molecular complexity index is 336. The minimum atomic E-state index is 0.0354. The maximum Gasteiger partial charge on any atom is 0.161 e. The number of nitrogens with zero attached hydrogens (tertiary/aromatic N) is 1. The molecule has 1 heterocycles. The van der Waals surface area contributed by atoms with Crippen LogP contribution in [0.1, 0.15) is 23.0 Å². The molecular formula is C8H7Br2NO. The average Bonchev–Trinajstić information content (AvgIpc) is 1.96. The maximum absolute atomic E-state index is 11.1. The van der Waals surface area contributed by atoms with Crippen molar-refractivity contribution in [3.05, 3.63) is 26.4 Å². The lowest BCUT2D eigenvalue weighted by atomic mass is 10.1. The average molecular weight is 293 g/mol. The van der Waals surface area contributed by atoms with E-state index in [0.29, 0.717) is 5.56 Å². The van der Waals surface area contributed by atoms with Crippen LogP contribution in [0.25, 0.3) is 0 Å². The molecule has 0 atom stereocenters. The summed E-state index contributed by atoms with van der Waals surface area (Å²) < 4.78 is 1.53. The molecule has 1 aromatic heterocycles. The lowest BCUT2D eigenvalue weighted by Crippen LogP contribution is -1.99. The Morgan fingerprint density at radius 2 is 2.08 bits per heavy atom. The van der Waals surface area contributed by atoms with Crippen LogP contribution < -0.4 is 0 Å². The van der Waals surface area contributed by atoms with Crippen LogP contribution in [-0.4, -0.2) is 10.8 Å². The minimum absolute atomic E-state index is 0.0354. The van der Waals surface area contributed by atoms with Crippen LogP contribution >= 0.6 is 31.9 Å². The van der Waals surface area contributed by atoms with Crippen molar-refractivity contribution < 1.29 is 4.79 Å². The van der Waals surface area contributed by atoms with E-state index in [2.05, 4.69) is 36.8 Å². The van der Waals surface area contributed by atoms with Gasteiger partial charge in [-0.15, -0.1) is 0 Å². The highest BCUT2D eigenvalue weighted by Gasteiger charge is 2.08. The predicted octanol–water partition coefficient (Wildman–Crippen LogP) is 3.12. The SMILES string of the molecule is CC(=O)c1cc(Br)c(Br)nc1C. The Morgan fingerprint density at radius 3 is 2.58 bits per heavy atom. The second-order valence-corrected chi connectivity index (χ2v) is 4.06. The number of Topliss-reactive ketones (excluding diaryl/α,β-unsaturated/α-hetero) is 1. The van der Waals surface area contributed by atoms with Gasteiger partial charge in [-0.3, -0.25) is 4.79 Å². The number of carbonyl (C=O) groups excluding carboxylic acids is 1. The maximum atomic E-state index is 11.1. The van der Waals surface area contributed by atoms with Gasteiger partial charge in [-0.25, -0.2) is 4.98 Å². The first-order valence-corrected chi connectivity index (χ1v) is 4.94. The molecule has 64 valence electrons. The van der Waals surface area contributed by atoms with Crippen molar-refractivity contribution in [3.8, 4) is 0 Å². The molecule has 0 aliphatic heterocycles. The second kappa shape index (κ2) is 3.66. The number of rotatable bonds is 1. The van der Waals surface area contributed by atoms with Crippen LogP contribution in [0.5, 0.6) is 0 Å². The van der Waals surface area contributed by atoms with Crippen molar-refractivity contribution in [2.75, 3.05) is 0 Å². The van der Waals surface area contributed by atoms with Gasteiger partial charge < -0.3 is 0 Å². The highest BCUT2D eigenvalue weighted by Crippen LogP contribution is 2.23. The Labute approximate surface area is 87.6 Å². The van der Waals surface area contributed by atoms with Gasteiger partial charge >= 0.3 is 0 Å². The topological polar surface area (TPSA) is 30.0 Å². The fourth-order valence-corrected chi connectivity index (χ4v) is 1.61. The molecule has 2 nitrogen and oxygen atoms in total. The zero-order valence-electron chi connectivity index (χ0n) is 6.69. The van der Waals surface area contributed by atoms with Crippen molar-refractivity contribution in [1.82, 2.24) is 4.98 Å². The number of hydrogen-bond donors (Lipinski definition) is 0. The number of ketones is 1. The van der Waals surface area contributed by atoms with E-state index in [1.54, 1.807) is 6.07 Å². The Morgan fingerprint density at radius 1 is 1.50 bits per heavy atom. The number of carbonyl (C=O) groups is 1. The van der Waals surface area contributed by atoms with E-state index in [4.69, 9.17) is 0 Å². The molecule has 12 heavy (non-hydrogen) atoms. The fourth-order valence-electron chi connectivity index (χ4n) is 0.908. The van der Waals surface area contributed by atoms with Crippen LogP contribution in [0.2, 0.25) is 0 Å². The summed E-state index contributed by atoms with van der Waals surface area (Å²) in [6, 6.07) is 1.77. The third kappa shape index (κ3) is 1.93. The summed E-state index contributed by atoms with van der Waals surface area (Å²) in [6.45, 7) is 3.35. The molecule has 0 spiro atoms. The lowest BCUT2D eigenvalue weighted by Gasteiger charge is -2.02. The van der Waals surface area contributed by atoms with Crippen molar-refractivity contribution >= 4 is 37.6 Å². The van der Waals surface area contributed by atoms with E-state index in [1.807, 2.05) is 6.92 Å². The van der Waals surface area contributed by atoms with Crippen molar-refractivity contribution in [3.63, 3.8) is 0 Å². The molecule has 4 heteroatoms. The molecule has 0 bridgehead atoms. The molecule has 0 radical (unpaired) electrons. The molecule has 0 saturated carbocycles. The largest absolute Gasteiger partial charge is 0.294 e. The van der Waals surface area contributed by atoms with Crippen LogP contribution in [-0.2, 0) is 0 Å². The van der Waals surface area contributed by atoms with Gasteiger partial charge in [0.1, 0.15) is 4.60 Å². The smallest absolute Gasteiger partial charge is 0.161 e. The summed E-state index contributed by atoms with van der Waals surface area (Å²) in [5.74, 6) is 0.0354. The standard InChI is InChI=1S/C8H7Br2NO/c1-4-6(5(2)12)3-7(9)8(10)11-4/h3H,1-2H3. The van der Waals surface area contributed by atoms with Crippen molar-refractivity contribution in [2.45, 2.75) is 13.8 Å². The summed E-state index contributed by atoms with van der Waals surface area (Å²) >= 11 is 6.55. The minimum Gasteiger partial charge on any atom is -0.294 e. The van der Waals surface area contributed by atoms with Crippen LogP contribution in [0.4, 0.5) is 0 Å². The van der Waals surface area contributed by atoms with Gasteiger partial charge in [-0.1, -0.05) is 0 Å². The van der Waals surface area contributed by atoms with Gasteiger partial charge in [0.05, 0.1) is 4.47 Å². The second-order valence-electron chi connectivity index (χ2n) is 2.45. The molecule has 0 aliphatic rings. The van der Waals surface area contributed by atoms with Gasteiger partial charge in [0.25, 0.3) is 0 Å². The quantitative estimate of drug-likeness (QED) is 0.588. The van der Waals surface area contributed by atoms with Gasteiger partial charge in [-0.05, 0) is 51.8 Å². The van der Waals surface area contributed by atoms with Crippen molar-refractivity contribution in [1.29, 1.82) is 0 Å². The van der Waals surface area contributed by atoms with Gasteiger partial charge in [0, 0.05) is 11.3 Å². The van der Waals surface area contributed by atoms with E-state index in [-0.39, 0.29) is 5.78 Å². The summed E-state index contributed by atoms with van der Waals surface area (Å²) in [5.41, 5.74) is 1.41. The number of hydrogen-bond acceptors (Lipinski definition) is 2. The summed E-state index contributed by atoms with van der Waals surface area (Å²) in [4.78, 5) is 15.2. The molecule has 0 aliphatic carbocycles. The van der Waals surface area contributed by atoms with E-state index in [0.717, 1.165) is 14.8 Å². The normalized spacial score (nSPS) is 10.0. The molecule has 0 amide bonds. The van der Waals surface area contributed by atoms with Crippen molar-refractivity contribution in [2.24, 2.45) is 0 Å². The Balaban J connectivity index is 3.33. The summed E-state index contributed by atoms with van der Waals surface area (Å²) in [7, 11) is 0. The number of aromatic nitrogens is 1. The predicted molar refractivity (Wildman–Crippen MR) is 54.4 cm³/mol. The molecule has 1 rings (SSSR count). The van der Waals surface area contributed by atoms with Crippen LogP contribution in [0, 0.1) is 6.92 Å². The lowest BCUT2D eigenvalue weighted by molar-refractivity contribution is 0.101. The van der Waals surface area contributed by atoms with Gasteiger partial charge in [0.2, 0.25) is 0 Å². The summed E-state index contributed by atoms with van der Waals surface area (Å²) in [6.07, 6.45) is 0. The monoisotopic (exact) mass is 291 g/mol. The zero-order valence-corrected chi connectivity index (χ0v) is 9.86. The third-order valence-electron chi connectivity index (χ3n) is 1.50. The molecule has 0 N–H and O–H groups in total. The van der Waals surface area contributed by atoms with E-state index >= 15 is 0 Å². The van der Waals surface area contributed by atoms with E-state index < -0.39 is 0 Å². The third-order valence-corrected chi connectivity index (χ3v) is 3.24. The molecule has 1 aromatic rings. The molecule has 0 unspecified atom stereocenters. The highest BCUT2D eigenvalue weighted by atomic mass is 79.9. The highest BCUT2D eigenvalue weighted by molar-refractivity contribution is 9.13. The first-order chi connectivity index (χ1) is 5.52.